The van der Waals surface area contributed by atoms with Gasteiger partial charge in [-0.3, -0.25) is 9.78 Å². The quantitative estimate of drug-likeness (QED) is 0.763. The van der Waals surface area contributed by atoms with E-state index in [1.54, 1.807) is 19.5 Å². The fraction of sp³-hybridized carbons (Fsp3) is 0.467. The number of carbonyl (C=O) groups is 1. The fourth-order valence-corrected chi connectivity index (χ4v) is 2.27. The third-order valence-corrected chi connectivity index (χ3v) is 3.40. The van der Waals surface area contributed by atoms with E-state index in [0.717, 1.165) is 12.0 Å². The van der Waals surface area contributed by atoms with Crippen molar-refractivity contribution in [1.29, 1.82) is 0 Å². The topological polar surface area (TPSA) is 71.5 Å². The minimum Gasteiger partial charge on any atom is -0.495 e. The van der Waals surface area contributed by atoms with Crippen molar-refractivity contribution < 1.29 is 14.6 Å². The van der Waals surface area contributed by atoms with Crippen LogP contribution >= 0.6 is 0 Å². The molecule has 1 amide bonds. The highest BCUT2D eigenvalue weighted by Crippen LogP contribution is 2.17. The summed E-state index contributed by atoms with van der Waals surface area (Å²) in [5, 5.41) is 12.0. The minimum atomic E-state index is 0.0149. The highest BCUT2D eigenvalue weighted by Gasteiger charge is 2.19. The second kappa shape index (κ2) is 7.05. The van der Waals surface area contributed by atoms with Crippen LogP contribution in [0.15, 0.2) is 30.6 Å². The summed E-state index contributed by atoms with van der Waals surface area (Å²) in [5.74, 6) is 0.886. The number of nitrogens with zero attached hydrogens (tertiary/aromatic N) is 1. The van der Waals surface area contributed by atoms with E-state index in [2.05, 4.69) is 10.3 Å². The van der Waals surface area contributed by atoms with Crippen LogP contribution in [0.3, 0.4) is 0 Å². The second-order valence-electron chi connectivity index (χ2n) is 4.97. The number of hydrogen-bond acceptors (Lipinski definition) is 4. The van der Waals surface area contributed by atoms with Gasteiger partial charge in [0.1, 0.15) is 5.75 Å². The molecule has 0 saturated heterocycles. The van der Waals surface area contributed by atoms with Gasteiger partial charge in [0, 0.05) is 31.2 Å². The summed E-state index contributed by atoms with van der Waals surface area (Å²) in [4.78, 5) is 15.9. The number of carbonyl (C=O) groups excluding carboxylic acids is 1. The largest absolute Gasteiger partial charge is 0.495 e. The van der Waals surface area contributed by atoms with Gasteiger partial charge in [0.25, 0.3) is 0 Å². The molecule has 0 bridgehead atoms. The monoisotopic (exact) mass is 276 g/mol. The van der Waals surface area contributed by atoms with Gasteiger partial charge in [0.15, 0.2) is 0 Å². The van der Waals surface area contributed by atoms with Crippen molar-refractivity contribution in [2.45, 2.75) is 25.3 Å². The molecule has 5 heteroatoms. The summed E-state index contributed by atoms with van der Waals surface area (Å²) in [5.41, 5.74) is 0.981. The second-order valence-corrected chi connectivity index (χ2v) is 4.97. The van der Waals surface area contributed by atoms with Crippen molar-refractivity contribution in [3.05, 3.63) is 36.2 Å². The standard InChI is InChI=1S/C15H20N2O3/c1-20-14-7-11(8-16-9-14)3-5-15(19)17-13-4-2-12(6-13)10-18/h2,4,7-9,12-13,18H,3,5-6,10H2,1H3,(H,17,19)/t12-,13+/m0/s1. The van der Waals surface area contributed by atoms with Gasteiger partial charge in [-0.1, -0.05) is 12.2 Å². The van der Waals surface area contributed by atoms with E-state index in [-0.39, 0.29) is 24.5 Å². The van der Waals surface area contributed by atoms with Gasteiger partial charge in [0.2, 0.25) is 5.91 Å². The first-order valence-electron chi connectivity index (χ1n) is 6.77. The Labute approximate surface area is 118 Å². The first kappa shape index (κ1) is 14.5. The summed E-state index contributed by atoms with van der Waals surface area (Å²) in [7, 11) is 1.59. The number of hydrogen-bond donors (Lipinski definition) is 2. The van der Waals surface area contributed by atoms with Gasteiger partial charge in [0.05, 0.1) is 13.3 Å². The van der Waals surface area contributed by atoms with Crippen molar-refractivity contribution in [3.8, 4) is 5.75 Å². The minimum absolute atomic E-state index is 0.0149. The summed E-state index contributed by atoms with van der Waals surface area (Å²) < 4.78 is 5.10. The van der Waals surface area contributed by atoms with E-state index in [0.29, 0.717) is 18.6 Å². The molecule has 1 aromatic rings. The summed E-state index contributed by atoms with van der Waals surface area (Å²) >= 11 is 0. The maximum absolute atomic E-state index is 11.9. The van der Waals surface area contributed by atoms with Crippen LogP contribution in [-0.4, -0.2) is 35.8 Å². The normalized spacial score (nSPS) is 20.9. The molecule has 0 fully saturated rings. The Morgan fingerprint density at radius 2 is 2.35 bits per heavy atom. The van der Waals surface area contributed by atoms with E-state index in [1.807, 2.05) is 18.2 Å². The Kier molecular flexibility index (Phi) is 5.12. The van der Waals surface area contributed by atoms with Crippen LogP contribution in [0.2, 0.25) is 0 Å². The molecule has 1 aliphatic rings. The number of ether oxygens (including phenoxy) is 1. The maximum Gasteiger partial charge on any atom is 0.220 e. The molecule has 0 unspecified atom stereocenters. The Morgan fingerprint density at radius 1 is 1.50 bits per heavy atom. The Bertz CT molecular complexity index is 488. The molecule has 1 aromatic heterocycles. The first-order chi connectivity index (χ1) is 9.71. The predicted octanol–water partition coefficient (Wildman–Crippen LogP) is 1.08. The number of aliphatic hydroxyl groups is 1. The van der Waals surface area contributed by atoms with Crippen molar-refractivity contribution in [2.24, 2.45) is 5.92 Å². The van der Waals surface area contributed by atoms with Crippen molar-refractivity contribution >= 4 is 5.91 Å². The van der Waals surface area contributed by atoms with Gasteiger partial charge in [-0.2, -0.15) is 0 Å². The number of pyridine rings is 1. The molecule has 2 atom stereocenters. The van der Waals surface area contributed by atoms with Crippen LogP contribution in [0.5, 0.6) is 5.75 Å². The molecule has 108 valence electrons. The van der Waals surface area contributed by atoms with Crippen molar-refractivity contribution in [3.63, 3.8) is 0 Å². The molecule has 0 aromatic carbocycles. The van der Waals surface area contributed by atoms with Gasteiger partial charge in [-0.05, 0) is 24.5 Å². The fourth-order valence-electron chi connectivity index (χ4n) is 2.27. The van der Waals surface area contributed by atoms with Crippen molar-refractivity contribution in [2.75, 3.05) is 13.7 Å². The molecule has 2 N–H and O–H groups in total. The number of aliphatic hydroxyl groups excluding tert-OH is 1. The van der Waals surface area contributed by atoms with Crippen LogP contribution in [0.4, 0.5) is 0 Å². The van der Waals surface area contributed by atoms with Gasteiger partial charge in [-0.25, -0.2) is 0 Å². The van der Waals surface area contributed by atoms with Crippen LogP contribution in [0, 0.1) is 5.92 Å². The molecule has 0 aliphatic heterocycles. The lowest BCUT2D eigenvalue weighted by Gasteiger charge is -2.12. The molecule has 0 radical (unpaired) electrons. The zero-order chi connectivity index (χ0) is 14.4. The lowest BCUT2D eigenvalue weighted by molar-refractivity contribution is -0.121. The summed E-state index contributed by atoms with van der Waals surface area (Å²) in [6.45, 7) is 0.137. The van der Waals surface area contributed by atoms with Crippen LogP contribution in [0.1, 0.15) is 18.4 Å². The van der Waals surface area contributed by atoms with E-state index in [9.17, 15) is 4.79 Å². The number of amides is 1. The maximum atomic E-state index is 11.9. The molecule has 1 heterocycles. The van der Waals surface area contributed by atoms with Crippen LogP contribution in [-0.2, 0) is 11.2 Å². The number of aryl methyl sites for hydroxylation is 1. The molecule has 20 heavy (non-hydrogen) atoms. The average Bonchev–Trinajstić information content (AvgIpc) is 2.93. The molecule has 2 rings (SSSR count). The number of rotatable bonds is 6. The Balaban J connectivity index is 1.76. The van der Waals surface area contributed by atoms with E-state index in [1.165, 1.54) is 0 Å². The van der Waals surface area contributed by atoms with E-state index >= 15 is 0 Å². The number of aromatic nitrogens is 1. The van der Waals surface area contributed by atoms with E-state index < -0.39 is 0 Å². The SMILES string of the molecule is COc1cncc(CCC(=O)N[C@@H]2C=C[C@H](CO)C2)c1. The summed E-state index contributed by atoms with van der Waals surface area (Å²) in [6, 6.07) is 1.93. The Morgan fingerprint density at radius 3 is 3.05 bits per heavy atom. The third-order valence-electron chi connectivity index (χ3n) is 3.40. The third kappa shape index (κ3) is 4.06. The van der Waals surface area contributed by atoms with Gasteiger partial charge < -0.3 is 15.2 Å². The van der Waals surface area contributed by atoms with Crippen molar-refractivity contribution in [1.82, 2.24) is 10.3 Å². The molecule has 1 aliphatic carbocycles. The van der Waals surface area contributed by atoms with Gasteiger partial charge in [-0.15, -0.1) is 0 Å². The lowest BCUT2D eigenvalue weighted by Crippen LogP contribution is -2.33. The summed E-state index contributed by atoms with van der Waals surface area (Å²) in [6.07, 6.45) is 9.12. The van der Waals surface area contributed by atoms with E-state index in [4.69, 9.17) is 9.84 Å². The average molecular weight is 276 g/mol. The zero-order valence-electron chi connectivity index (χ0n) is 11.6. The molecular weight excluding hydrogens is 256 g/mol. The molecular formula is C15H20N2O3. The van der Waals surface area contributed by atoms with Crippen LogP contribution < -0.4 is 10.1 Å². The molecule has 5 nitrogen and oxygen atoms in total. The highest BCUT2D eigenvalue weighted by molar-refractivity contribution is 5.76. The number of methoxy groups -OCH3 is 1. The molecule has 0 saturated carbocycles. The number of nitrogens with one attached hydrogen (secondary N) is 1. The van der Waals surface area contributed by atoms with Crippen LogP contribution in [0.25, 0.3) is 0 Å². The lowest BCUT2D eigenvalue weighted by atomic mass is 10.1. The smallest absolute Gasteiger partial charge is 0.220 e. The first-order valence-corrected chi connectivity index (χ1v) is 6.77. The zero-order valence-corrected chi connectivity index (χ0v) is 11.6. The molecule has 0 spiro atoms. The highest BCUT2D eigenvalue weighted by atomic mass is 16.5. The van der Waals surface area contributed by atoms with Gasteiger partial charge >= 0.3 is 0 Å². The Hall–Kier alpha value is -1.88. The predicted molar refractivity (Wildman–Crippen MR) is 75.4 cm³/mol.